The van der Waals surface area contributed by atoms with Crippen LogP contribution in [-0.2, 0) is 11.3 Å². The van der Waals surface area contributed by atoms with E-state index in [1.54, 1.807) is 24.5 Å². The number of hydrogen-bond donors (Lipinski definition) is 0. The largest absolute Gasteiger partial charge is 0.472 e. The van der Waals surface area contributed by atoms with Gasteiger partial charge in [-0.2, -0.15) is 5.26 Å². The highest BCUT2D eigenvalue weighted by atomic mass is 16.3. The molecule has 0 saturated heterocycles. The molecule has 0 aliphatic heterocycles. The van der Waals surface area contributed by atoms with Crippen LogP contribution >= 0.6 is 0 Å². The number of hydrogen-bond acceptors (Lipinski definition) is 3. The lowest BCUT2D eigenvalue weighted by atomic mass is 9.69. The van der Waals surface area contributed by atoms with E-state index < -0.39 is 5.41 Å². The third-order valence-corrected chi connectivity index (χ3v) is 3.18. The van der Waals surface area contributed by atoms with Crippen molar-refractivity contribution in [3.05, 3.63) is 24.2 Å². The van der Waals surface area contributed by atoms with Crippen LogP contribution in [0.1, 0.15) is 24.8 Å². The average molecular weight is 218 g/mol. The summed E-state index contributed by atoms with van der Waals surface area (Å²) in [5.41, 5.74) is 0.196. The molecule has 1 aliphatic rings. The number of furan rings is 1. The van der Waals surface area contributed by atoms with E-state index in [9.17, 15) is 4.79 Å². The van der Waals surface area contributed by atoms with Gasteiger partial charge in [-0.05, 0) is 25.3 Å². The fraction of sp³-hybridized carbons (Fsp3) is 0.500. The van der Waals surface area contributed by atoms with E-state index in [0.717, 1.165) is 12.0 Å². The Hall–Kier alpha value is -1.76. The van der Waals surface area contributed by atoms with Gasteiger partial charge < -0.3 is 9.32 Å². The first-order valence-electron chi connectivity index (χ1n) is 5.36. The Kier molecular flexibility index (Phi) is 2.69. The summed E-state index contributed by atoms with van der Waals surface area (Å²) in [5.74, 6) is -0.0672. The molecule has 4 heteroatoms. The third kappa shape index (κ3) is 1.69. The minimum Gasteiger partial charge on any atom is -0.472 e. The van der Waals surface area contributed by atoms with Crippen molar-refractivity contribution >= 4 is 5.91 Å². The number of rotatable bonds is 3. The first-order chi connectivity index (χ1) is 7.68. The predicted octanol–water partition coefficient (Wildman–Crippen LogP) is 1.93. The number of carbonyl (C=O) groups excluding carboxylic acids is 1. The highest BCUT2D eigenvalue weighted by molar-refractivity contribution is 5.86. The molecule has 16 heavy (non-hydrogen) atoms. The summed E-state index contributed by atoms with van der Waals surface area (Å²) < 4.78 is 4.94. The SMILES string of the molecule is CN(Cc1ccoc1)C(=O)C1(C#N)CCC1. The Morgan fingerprint density at radius 3 is 2.88 bits per heavy atom. The maximum absolute atomic E-state index is 12.1. The van der Waals surface area contributed by atoms with E-state index in [4.69, 9.17) is 9.68 Å². The fourth-order valence-electron chi connectivity index (χ4n) is 2.00. The molecule has 0 radical (unpaired) electrons. The number of carbonyl (C=O) groups is 1. The molecule has 1 heterocycles. The molecule has 4 nitrogen and oxygen atoms in total. The molecule has 1 aliphatic carbocycles. The van der Waals surface area contributed by atoms with Crippen LogP contribution in [0.3, 0.4) is 0 Å². The van der Waals surface area contributed by atoms with Crippen LogP contribution in [0.4, 0.5) is 0 Å². The van der Waals surface area contributed by atoms with Gasteiger partial charge in [-0.1, -0.05) is 0 Å². The fourth-order valence-corrected chi connectivity index (χ4v) is 2.00. The molecule has 1 saturated carbocycles. The summed E-state index contributed by atoms with van der Waals surface area (Å²) >= 11 is 0. The molecule has 1 aromatic heterocycles. The Bertz CT molecular complexity index is 413. The second-order valence-corrected chi connectivity index (χ2v) is 4.34. The van der Waals surface area contributed by atoms with Gasteiger partial charge in [0.05, 0.1) is 18.6 Å². The van der Waals surface area contributed by atoms with E-state index in [-0.39, 0.29) is 5.91 Å². The van der Waals surface area contributed by atoms with E-state index in [1.165, 1.54) is 0 Å². The Labute approximate surface area is 94.5 Å². The molecule has 0 aromatic carbocycles. The summed E-state index contributed by atoms with van der Waals surface area (Å²) in [5, 5.41) is 9.07. The monoisotopic (exact) mass is 218 g/mol. The van der Waals surface area contributed by atoms with Gasteiger partial charge in [0.25, 0.3) is 0 Å². The third-order valence-electron chi connectivity index (χ3n) is 3.18. The minimum absolute atomic E-state index is 0.0672. The van der Waals surface area contributed by atoms with Crippen LogP contribution < -0.4 is 0 Å². The summed E-state index contributed by atoms with van der Waals surface area (Å²) in [4.78, 5) is 13.7. The quantitative estimate of drug-likeness (QED) is 0.778. The van der Waals surface area contributed by atoms with Crippen molar-refractivity contribution in [2.75, 3.05) is 7.05 Å². The second-order valence-electron chi connectivity index (χ2n) is 4.34. The van der Waals surface area contributed by atoms with E-state index in [1.807, 2.05) is 6.07 Å². The van der Waals surface area contributed by atoms with Gasteiger partial charge in [-0.3, -0.25) is 4.79 Å². The lowest BCUT2D eigenvalue weighted by Crippen LogP contribution is -2.45. The molecule has 1 fully saturated rings. The van der Waals surface area contributed by atoms with Gasteiger partial charge in [0, 0.05) is 19.2 Å². The lowest BCUT2D eigenvalue weighted by Gasteiger charge is -2.36. The maximum atomic E-state index is 12.1. The normalized spacial score (nSPS) is 17.2. The van der Waals surface area contributed by atoms with Crippen molar-refractivity contribution in [2.24, 2.45) is 5.41 Å². The summed E-state index contributed by atoms with van der Waals surface area (Å²) in [6, 6.07) is 3.98. The zero-order chi connectivity index (χ0) is 11.6. The van der Waals surface area contributed by atoms with Crippen LogP contribution in [-0.4, -0.2) is 17.9 Å². The molecular formula is C12H14N2O2. The van der Waals surface area contributed by atoms with Crippen LogP contribution in [0, 0.1) is 16.7 Å². The van der Waals surface area contributed by atoms with E-state index in [0.29, 0.717) is 19.4 Å². The van der Waals surface area contributed by atoms with Crippen molar-refractivity contribution in [2.45, 2.75) is 25.8 Å². The Morgan fingerprint density at radius 2 is 2.44 bits per heavy atom. The van der Waals surface area contributed by atoms with Crippen molar-refractivity contribution in [3.63, 3.8) is 0 Å². The van der Waals surface area contributed by atoms with Crippen molar-refractivity contribution < 1.29 is 9.21 Å². The maximum Gasteiger partial charge on any atom is 0.243 e. The Morgan fingerprint density at radius 1 is 1.69 bits per heavy atom. The van der Waals surface area contributed by atoms with Crippen molar-refractivity contribution in [1.29, 1.82) is 5.26 Å². The molecule has 1 amide bonds. The molecule has 0 unspecified atom stereocenters. The molecule has 1 aromatic rings. The number of amides is 1. The molecule has 0 bridgehead atoms. The zero-order valence-electron chi connectivity index (χ0n) is 9.27. The summed E-state index contributed by atoms with van der Waals surface area (Å²) in [7, 11) is 1.73. The molecule has 0 N–H and O–H groups in total. The average Bonchev–Trinajstić information content (AvgIpc) is 2.69. The van der Waals surface area contributed by atoms with Gasteiger partial charge in [-0.15, -0.1) is 0 Å². The number of nitriles is 1. The standard InChI is InChI=1S/C12H14N2O2/c1-14(7-10-3-6-16-8-10)11(15)12(9-13)4-2-5-12/h3,6,8H,2,4-5,7H2,1H3. The smallest absolute Gasteiger partial charge is 0.243 e. The van der Waals surface area contributed by atoms with Gasteiger partial charge in [0.15, 0.2) is 0 Å². The second kappa shape index (κ2) is 4.01. The molecule has 0 spiro atoms. The van der Waals surface area contributed by atoms with Crippen LogP contribution in [0.15, 0.2) is 23.0 Å². The molecule has 2 rings (SSSR count). The molecule has 0 atom stereocenters. The highest BCUT2D eigenvalue weighted by Crippen LogP contribution is 2.41. The first kappa shape index (κ1) is 10.7. The Balaban J connectivity index is 2.02. The van der Waals surface area contributed by atoms with Crippen LogP contribution in [0.25, 0.3) is 0 Å². The summed E-state index contributed by atoms with van der Waals surface area (Å²) in [6.07, 6.45) is 5.55. The van der Waals surface area contributed by atoms with E-state index in [2.05, 4.69) is 6.07 Å². The molecular weight excluding hydrogens is 204 g/mol. The van der Waals surface area contributed by atoms with Gasteiger partial charge >= 0.3 is 0 Å². The topological polar surface area (TPSA) is 57.2 Å². The highest BCUT2D eigenvalue weighted by Gasteiger charge is 2.46. The van der Waals surface area contributed by atoms with Gasteiger partial charge in [0.2, 0.25) is 5.91 Å². The molecule has 84 valence electrons. The lowest BCUT2D eigenvalue weighted by molar-refractivity contribution is -0.142. The minimum atomic E-state index is -0.752. The van der Waals surface area contributed by atoms with Crippen LogP contribution in [0.5, 0.6) is 0 Å². The van der Waals surface area contributed by atoms with E-state index >= 15 is 0 Å². The summed E-state index contributed by atoms with van der Waals surface area (Å²) in [6.45, 7) is 0.499. The van der Waals surface area contributed by atoms with Crippen LogP contribution in [0.2, 0.25) is 0 Å². The first-order valence-corrected chi connectivity index (χ1v) is 5.36. The zero-order valence-corrected chi connectivity index (χ0v) is 9.27. The van der Waals surface area contributed by atoms with Crippen molar-refractivity contribution in [1.82, 2.24) is 4.90 Å². The van der Waals surface area contributed by atoms with Crippen molar-refractivity contribution in [3.8, 4) is 6.07 Å². The number of nitrogens with zero attached hydrogens (tertiary/aromatic N) is 2. The predicted molar refractivity (Wildman–Crippen MR) is 57.1 cm³/mol. The van der Waals surface area contributed by atoms with Gasteiger partial charge in [0.1, 0.15) is 5.41 Å². The van der Waals surface area contributed by atoms with Gasteiger partial charge in [-0.25, -0.2) is 0 Å².